The minimum atomic E-state index is -0.0915. The van der Waals surface area contributed by atoms with Gasteiger partial charge in [0.25, 0.3) is 0 Å². The molecule has 0 spiro atoms. The minimum absolute atomic E-state index is 0.0341. The lowest BCUT2D eigenvalue weighted by Gasteiger charge is -2.38. The molecule has 102 valence electrons. The van der Waals surface area contributed by atoms with Gasteiger partial charge in [-0.3, -0.25) is 4.98 Å². The summed E-state index contributed by atoms with van der Waals surface area (Å²) in [7, 11) is 4.12. The van der Waals surface area contributed by atoms with Gasteiger partial charge in [0, 0.05) is 22.7 Å². The van der Waals surface area contributed by atoms with Crippen LogP contribution in [-0.4, -0.2) is 29.5 Å². The van der Waals surface area contributed by atoms with E-state index in [-0.39, 0.29) is 11.6 Å². The summed E-state index contributed by atoms with van der Waals surface area (Å²) in [6, 6.07) is 10.4. The maximum Gasteiger partial charge on any atom is 0.0705 e. The predicted molar refractivity (Wildman–Crippen MR) is 81.2 cm³/mol. The highest BCUT2D eigenvalue weighted by Crippen LogP contribution is 2.28. The molecule has 0 radical (unpaired) electrons. The maximum absolute atomic E-state index is 6.43. The monoisotopic (exact) mass is 257 g/mol. The van der Waals surface area contributed by atoms with E-state index in [9.17, 15) is 0 Å². The summed E-state index contributed by atoms with van der Waals surface area (Å²) in [4.78, 5) is 6.68. The van der Waals surface area contributed by atoms with E-state index in [1.165, 1.54) is 0 Å². The third-order valence-corrected chi connectivity index (χ3v) is 4.13. The van der Waals surface area contributed by atoms with Gasteiger partial charge in [-0.15, -0.1) is 0 Å². The molecular weight excluding hydrogens is 234 g/mol. The summed E-state index contributed by atoms with van der Waals surface area (Å²) >= 11 is 0. The second kappa shape index (κ2) is 4.91. The Bertz CT molecular complexity index is 588. The Morgan fingerprint density at radius 1 is 1.16 bits per heavy atom. The highest BCUT2D eigenvalue weighted by molar-refractivity contribution is 5.79. The zero-order valence-electron chi connectivity index (χ0n) is 12.4. The van der Waals surface area contributed by atoms with Gasteiger partial charge >= 0.3 is 0 Å². The molecule has 1 atom stereocenters. The van der Waals surface area contributed by atoms with Crippen molar-refractivity contribution in [3.8, 4) is 0 Å². The van der Waals surface area contributed by atoms with Crippen LogP contribution in [0.1, 0.15) is 31.1 Å². The largest absolute Gasteiger partial charge is 0.322 e. The van der Waals surface area contributed by atoms with Crippen molar-refractivity contribution in [3.63, 3.8) is 0 Å². The first-order valence-corrected chi connectivity index (χ1v) is 6.62. The number of hydrogen-bond acceptors (Lipinski definition) is 3. The standard InChI is InChI=1S/C16H23N3/c1-11-6-7-12-10-13(8-9-14(12)18-11)15(17)16(2,3)19(4)5/h6-10,15H,17H2,1-5H3. The van der Waals surface area contributed by atoms with Crippen molar-refractivity contribution >= 4 is 10.9 Å². The van der Waals surface area contributed by atoms with E-state index in [2.05, 4.69) is 62.1 Å². The lowest BCUT2D eigenvalue weighted by atomic mass is 9.88. The van der Waals surface area contributed by atoms with E-state index in [0.717, 1.165) is 22.2 Å². The summed E-state index contributed by atoms with van der Waals surface area (Å²) in [5.41, 5.74) is 9.56. The average molecular weight is 257 g/mol. The first kappa shape index (κ1) is 14.0. The number of likely N-dealkylation sites (N-methyl/N-ethyl adjacent to an activating group) is 1. The molecule has 2 rings (SSSR count). The van der Waals surface area contributed by atoms with Crippen molar-refractivity contribution < 1.29 is 0 Å². The predicted octanol–water partition coefficient (Wildman–Crippen LogP) is 2.88. The average Bonchev–Trinajstić information content (AvgIpc) is 2.37. The molecule has 19 heavy (non-hydrogen) atoms. The van der Waals surface area contributed by atoms with Crippen LogP contribution in [0.4, 0.5) is 0 Å². The second-order valence-corrected chi connectivity index (χ2v) is 5.93. The molecule has 1 aromatic carbocycles. The quantitative estimate of drug-likeness (QED) is 0.919. The molecule has 0 aliphatic heterocycles. The molecular formula is C16H23N3. The van der Waals surface area contributed by atoms with Crippen LogP contribution in [0.25, 0.3) is 10.9 Å². The molecule has 0 aliphatic carbocycles. The first-order valence-electron chi connectivity index (χ1n) is 6.62. The van der Waals surface area contributed by atoms with Gasteiger partial charge in [-0.05, 0) is 58.6 Å². The Labute approximate surface area is 115 Å². The van der Waals surface area contributed by atoms with Crippen LogP contribution in [0.2, 0.25) is 0 Å². The smallest absolute Gasteiger partial charge is 0.0705 e. The van der Waals surface area contributed by atoms with E-state index in [1.54, 1.807) is 0 Å². The Kier molecular flexibility index (Phi) is 3.61. The summed E-state index contributed by atoms with van der Waals surface area (Å²) in [6.07, 6.45) is 0. The summed E-state index contributed by atoms with van der Waals surface area (Å²) in [6.45, 7) is 6.33. The van der Waals surface area contributed by atoms with Crippen molar-refractivity contribution in [2.24, 2.45) is 5.73 Å². The zero-order chi connectivity index (χ0) is 14.2. The topological polar surface area (TPSA) is 42.1 Å². The van der Waals surface area contributed by atoms with E-state index in [0.29, 0.717) is 0 Å². The van der Waals surface area contributed by atoms with Crippen LogP contribution in [0.5, 0.6) is 0 Å². The lowest BCUT2D eigenvalue weighted by molar-refractivity contribution is 0.159. The van der Waals surface area contributed by atoms with Crippen LogP contribution < -0.4 is 5.73 Å². The summed E-state index contributed by atoms with van der Waals surface area (Å²) in [5.74, 6) is 0. The lowest BCUT2D eigenvalue weighted by Crippen LogP contribution is -2.47. The van der Waals surface area contributed by atoms with Crippen LogP contribution in [0.15, 0.2) is 30.3 Å². The molecule has 1 heterocycles. The van der Waals surface area contributed by atoms with Crippen LogP contribution >= 0.6 is 0 Å². The van der Waals surface area contributed by atoms with E-state index >= 15 is 0 Å². The van der Waals surface area contributed by atoms with Gasteiger partial charge in [0.2, 0.25) is 0 Å². The SMILES string of the molecule is Cc1ccc2cc(C(N)C(C)(C)N(C)C)ccc2n1. The third kappa shape index (κ3) is 2.62. The molecule has 2 aromatic rings. The molecule has 1 aromatic heterocycles. The van der Waals surface area contributed by atoms with Crippen LogP contribution in [0.3, 0.4) is 0 Å². The van der Waals surface area contributed by atoms with Crippen LogP contribution in [-0.2, 0) is 0 Å². The number of aromatic nitrogens is 1. The van der Waals surface area contributed by atoms with Gasteiger partial charge in [0.1, 0.15) is 0 Å². The third-order valence-electron chi connectivity index (χ3n) is 4.13. The molecule has 1 unspecified atom stereocenters. The number of rotatable bonds is 3. The second-order valence-electron chi connectivity index (χ2n) is 5.93. The van der Waals surface area contributed by atoms with Gasteiger partial charge < -0.3 is 10.6 Å². The normalized spacial score (nSPS) is 14.1. The molecule has 0 fully saturated rings. The van der Waals surface area contributed by atoms with Gasteiger partial charge in [0.15, 0.2) is 0 Å². The van der Waals surface area contributed by atoms with Crippen molar-refractivity contribution in [1.82, 2.24) is 9.88 Å². The highest BCUT2D eigenvalue weighted by atomic mass is 15.2. The number of fused-ring (bicyclic) bond motifs is 1. The van der Waals surface area contributed by atoms with Gasteiger partial charge in [0.05, 0.1) is 5.52 Å². The first-order chi connectivity index (χ1) is 8.82. The Hall–Kier alpha value is -1.45. The highest BCUT2D eigenvalue weighted by Gasteiger charge is 2.29. The fourth-order valence-electron chi connectivity index (χ4n) is 2.13. The number of pyridine rings is 1. The fraction of sp³-hybridized carbons (Fsp3) is 0.438. The fourth-order valence-corrected chi connectivity index (χ4v) is 2.13. The molecule has 3 heteroatoms. The van der Waals surface area contributed by atoms with Gasteiger partial charge in [-0.2, -0.15) is 0 Å². The van der Waals surface area contributed by atoms with Crippen molar-refractivity contribution in [2.75, 3.05) is 14.1 Å². The minimum Gasteiger partial charge on any atom is -0.322 e. The molecule has 0 aliphatic rings. The number of hydrogen-bond donors (Lipinski definition) is 1. The molecule has 2 N–H and O–H groups in total. The Morgan fingerprint density at radius 3 is 2.47 bits per heavy atom. The van der Waals surface area contributed by atoms with E-state index < -0.39 is 0 Å². The molecule has 0 saturated heterocycles. The maximum atomic E-state index is 6.43. The molecule has 0 amide bonds. The van der Waals surface area contributed by atoms with Crippen LogP contribution in [0, 0.1) is 6.92 Å². The summed E-state index contributed by atoms with van der Waals surface area (Å²) < 4.78 is 0. The molecule has 3 nitrogen and oxygen atoms in total. The number of aryl methyl sites for hydroxylation is 1. The van der Waals surface area contributed by atoms with E-state index in [1.807, 2.05) is 13.0 Å². The number of benzene rings is 1. The van der Waals surface area contributed by atoms with Crippen molar-refractivity contribution in [2.45, 2.75) is 32.4 Å². The number of nitrogens with zero attached hydrogens (tertiary/aromatic N) is 2. The van der Waals surface area contributed by atoms with Gasteiger partial charge in [-0.1, -0.05) is 12.1 Å². The Balaban J connectivity index is 2.44. The van der Waals surface area contributed by atoms with E-state index in [4.69, 9.17) is 5.73 Å². The zero-order valence-corrected chi connectivity index (χ0v) is 12.4. The summed E-state index contributed by atoms with van der Waals surface area (Å²) in [5, 5.41) is 1.15. The van der Waals surface area contributed by atoms with Gasteiger partial charge in [-0.25, -0.2) is 0 Å². The molecule has 0 saturated carbocycles. The Morgan fingerprint density at radius 2 is 1.84 bits per heavy atom. The van der Waals surface area contributed by atoms with Crippen molar-refractivity contribution in [1.29, 1.82) is 0 Å². The molecule has 0 bridgehead atoms. The number of nitrogens with two attached hydrogens (primary N) is 1. The van der Waals surface area contributed by atoms with Crippen molar-refractivity contribution in [3.05, 3.63) is 41.6 Å².